The lowest BCUT2D eigenvalue weighted by Crippen LogP contribution is -2.11. The first-order valence-corrected chi connectivity index (χ1v) is 5.58. The van der Waals surface area contributed by atoms with Gasteiger partial charge >= 0.3 is 6.01 Å². The van der Waals surface area contributed by atoms with Gasteiger partial charge in [-0.15, -0.1) is 5.10 Å². The second-order valence-electron chi connectivity index (χ2n) is 3.59. The summed E-state index contributed by atoms with van der Waals surface area (Å²) in [5.41, 5.74) is 0. The number of nitrogens with one attached hydrogen (secondary N) is 1. The van der Waals surface area contributed by atoms with Gasteiger partial charge in [-0.2, -0.15) is 19.6 Å². The van der Waals surface area contributed by atoms with Crippen LogP contribution in [0.5, 0.6) is 6.01 Å². The van der Waals surface area contributed by atoms with Gasteiger partial charge in [0.25, 0.3) is 5.95 Å². The number of anilines is 1. The summed E-state index contributed by atoms with van der Waals surface area (Å²) in [6.07, 6.45) is 0. The van der Waals surface area contributed by atoms with E-state index < -0.39 is 0 Å². The van der Waals surface area contributed by atoms with Gasteiger partial charge in [0.15, 0.2) is 0 Å². The SMILES string of the molecule is CCNc1nc(OC)nc(-n2nc(C)nc2C)n1. The predicted octanol–water partition coefficient (Wildman–Crippen LogP) is 0.510. The molecule has 0 aliphatic carbocycles. The van der Waals surface area contributed by atoms with Crippen molar-refractivity contribution in [2.45, 2.75) is 20.8 Å². The van der Waals surface area contributed by atoms with Crippen LogP contribution in [0.25, 0.3) is 5.95 Å². The number of rotatable bonds is 4. The molecule has 0 fully saturated rings. The van der Waals surface area contributed by atoms with E-state index in [0.29, 0.717) is 30.1 Å². The third-order valence-corrected chi connectivity index (χ3v) is 2.18. The van der Waals surface area contributed by atoms with Crippen molar-refractivity contribution in [2.75, 3.05) is 19.0 Å². The minimum absolute atomic E-state index is 0.239. The lowest BCUT2D eigenvalue weighted by atomic mass is 10.7. The molecule has 2 aromatic heterocycles. The fourth-order valence-corrected chi connectivity index (χ4v) is 1.48. The molecular weight excluding hydrogens is 234 g/mol. The van der Waals surface area contributed by atoms with Gasteiger partial charge in [0.2, 0.25) is 5.95 Å². The number of hydrogen-bond donors (Lipinski definition) is 1. The van der Waals surface area contributed by atoms with Crippen molar-refractivity contribution < 1.29 is 4.74 Å². The second kappa shape index (κ2) is 4.94. The predicted molar refractivity (Wildman–Crippen MR) is 64.9 cm³/mol. The Balaban J connectivity index is 2.49. The lowest BCUT2D eigenvalue weighted by Gasteiger charge is -2.06. The van der Waals surface area contributed by atoms with Crippen LogP contribution in [0.15, 0.2) is 0 Å². The largest absolute Gasteiger partial charge is 0.467 e. The first kappa shape index (κ1) is 12.2. The van der Waals surface area contributed by atoms with Crippen LogP contribution in [0, 0.1) is 13.8 Å². The Bertz CT molecular complexity index is 551. The molecule has 0 atom stereocenters. The standard InChI is InChI=1S/C10H15N7O/c1-5-11-8-13-9(15-10(14-8)18-4)17-7(3)12-6(2)16-17/h5H2,1-4H3,(H,11,13,14,15). The molecule has 96 valence electrons. The van der Waals surface area contributed by atoms with Gasteiger partial charge in [-0.1, -0.05) is 0 Å². The van der Waals surface area contributed by atoms with Crippen LogP contribution in [0.2, 0.25) is 0 Å². The van der Waals surface area contributed by atoms with E-state index in [2.05, 4.69) is 30.4 Å². The zero-order valence-electron chi connectivity index (χ0n) is 10.8. The maximum absolute atomic E-state index is 5.05. The highest BCUT2D eigenvalue weighted by atomic mass is 16.5. The molecule has 8 nitrogen and oxygen atoms in total. The number of nitrogens with zero attached hydrogens (tertiary/aromatic N) is 6. The van der Waals surface area contributed by atoms with E-state index in [-0.39, 0.29) is 6.01 Å². The average molecular weight is 249 g/mol. The third-order valence-electron chi connectivity index (χ3n) is 2.18. The van der Waals surface area contributed by atoms with Crippen LogP contribution in [0.3, 0.4) is 0 Å². The highest BCUT2D eigenvalue weighted by Crippen LogP contribution is 2.11. The molecular formula is C10H15N7O. The van der Waals surface area contributed by atoms with Crippen molar-refractivity contribution in [3.8, 4) is 12.0 Å². The second-order valence-corrected chi connectivity index (χ2v) is 3.59. The molecule has 8 heteroatoms. The Labute approximate surface area is 104 Å². The van der Waals surface area contributed by atoms with E-state index in [1.807, 2.05) is 20.8 Å². The van der Waals surface area contributed by atoms with Gasteiger partial charge in [0.05, 0.1) is 7.11 Å². The summed E-state index contributed by atoms with van der Waals surface area (Å²) in [4.78, 5) is 16.7. The Kier molecular flexibility index (Phi) is 3.35. The summed E-state index contributed by atoms with van der Waals surface area (Å²) < 4.78 is 6.60. The summed E-state index contributed by atoms with van der Waals surface area (Å²) in [6, 6.07) is 0.239. The van der Waals surface area contributed by atoms with E-state index in [1.165, 1.54) is 7.11 Å². The minimum atomic E-state index is 0.239. The van der Waals surface area contributed by atoms with Crippen molar-refractivity contribution >= 4 is 5.95 Å². The molecule has 0 saturated carbocycles. The molecule has 0 spiro atoms. The van der Waals surface area contributed by atoms with Gasteiger partial charge in [0, 0.05) is 6.54 Å². The molecule has 0 aromatic carbocycles. The van der Waals surface area contributed by atoms with Crippen molar-refractivity contribution in [1.29, 1.82) is 0 Å². The van der Waals surface area contributed by atoms with Gasteiger partial charge in [-0.05, 0) is 20.8 Å². The monoisotopic (exact) mass is 249 g/mol. The molecule has 0 aliphatic rings. The fraction of sp³-hybridized carbons (Fsp3) is 0.500. The molecule has 0 unspecified atom stereocenters. The molecule has 0 radical (unpaired) electrons. The highest BCUT2D eigenvalue weighted by molar-refractivity contribution is 5.30. The van der Waals surface area contributed by atoms with Crippen molar-refractivity contribution in [1.82, 2.24) is 29.7 Å². The quantitative estimate of drug-likeness (QED) is 0.844. The van der Waals surface area contributed by atoms with E-state index in [4.69, 9.17) is 4.74 Å². The molecule has 0 aliphatic heterocycles. The van der Waals surface area contributed by atoms with Gasteiger partial charge in [0.1, 0.15) is 11.6 Å². The van der Waals surface area contributed by atoms with E-state index >= 15 is 0 Å². The Morgan fingerprint density at radius 3 is 2.50 bits per heavy atom. The maximum atomic E-state index is 5.05. The van der Waals surface area contributed by atoms with Crippen molar-refractivity contribution in [2.24, 2.45) is 0 Å². The molecule has 0 saturated heterocycles. The molecule has 18 heavy (non-hydrogen) atoms. The Hall–Kier alpha value is -2.25. The van der Waals surface area contributed by atoms with E-state index in [9.17, 15) is 0 Å². The number of aryl methyl sites for hydroxylation is 2. The summed E-state index contributed by atoms with van der Waals surface area (Å²) in [7, 11) is 1.51. The summed E-state index contributed by atoms with van der Waals surface area (Å²) in [5.74, 6) is 2.21. The van der Waals surface area contributed by atoms with Crippen LogP contribution < -0.4 is 10.1 Å². The zero-order chi connectivity index (χ0) is 13.1. The number of aromatic nitrogens is 6. The molecule has 0 amide bonds. The summed E-state index contributed by atoms with van der Waals surface area (Å²) in [6.45, 7) is 6.32. The number of methoxy groups -OCH3 is 1. The summed E-state index contributed by atoms with van der Waals surface area (Å²) in [5, 5.41) is 7.24. The summed E-state index contributed by atoms with van der Waals surface area (Å²) >= 11 is 0. The third kappa shape index (κ3) is 2.36. The average Bonchev–Trinajstić information content (AvgIpc) is 2.68. The normalized spacial score (nSPS) is 10.4. The first-order valence-electron chi connectivity index (χ1n) is 5.58. The zero-order valence-corrected chi connectivity index (χ0v) is 10.8. The topological polar surface area (TPSA) is 90.6 Å². The first-order chi connectivity index (χ1) is 8.63. The molecule has 0 bridgehead atoms. The molecule has 2 rings (SSSR count). The van der Waals surface area contributed by atoms with Crippen molar-refractivity contribution in [3.63, 3.8) is 0 Å². The maximum Gasteiger partial charge on any atom is 0.322 e. The molecule has 1 N–H and O–H groups in total. The van der Waals surface area contributed by atoms with Gasteiger partial charge in [-0.25, -0.2) is 4.98 Å². The lowest BCUT2D eigenvalue weighted by molar-refractivity contribution is 0.377. The smallest absolute Gasteiger partial charge is 0.322 e. The van der Waals surface area contributed by atoms with E-state index in [1.54, 1.807) is 4.68 Å². The van der Waals surface area contributed by atoms with Crippen LogP contribution in [0.4, 0.5) is 5.95 Å². The Morgan fingerprint density at radius 1 is 1.17 bits per heavy atom. The fourth-order valence-electron chi connectivity index (χ4n) is 1.48. The minimum Gasteiger partial charge on any atom is -0.467 e. The molecule has 2 aromatic rings. The van der Waals surface area contributed by atoms with Gasteiger partial charge in [-0.3, -0.25) is 0 Å². The Morgan fingerprint density at radius 2 is 1.94 bits per heavy atom. The number of hydrogen-bond acceptors (Lipinski definition) is 7. The number of ether oxygens (including phenoxy) is 1. The van der Waals surface area contributed by atoms with Crippen LogP contribution >= 0.6 is 0 Å². The van der Waals surface area contributed by atoms with Crippen LogP contribution in [0.1, 0.15) is 18.6 Å². The van der Waals surface area contributed by atoms with E-state index in [0.717, 1.165) is 0 Å². The van der Waals surface area contributed by atoms with Crippen LogP contribution in [-0.2, 0) is 0 Å². The van der Waals surface area contributed by atoms with Crippen LogP contribution in [-0.4, -0.2) is 43.4 Å². The molecule has 2 heterocycles. The van der Waals surface area contributed by atoms with Crippen molar-refractivity contribution in [3.05, 3.63) is 11.6 Å². The highest BCUT2D eigenvalue weighted by Gasteiger charge is 2.12. The van der Waals surface area contributed by atoms with Gasteiger partial charge < -0.3 is 10.1 Å².